The monoisotopic (exact) mass is 436 g/mol. The first-order valence-corrected chi connectivity index (χ1v) is 11.5. The third-order valence-electron chi connectivity index (χ3n) is 4.33. The number of benzene rings is 2. The second kappa shape index (κ2) is 8.56. The van der Waals surface area contributed by atoms with Crippen molar-refractivity contribution < 1.29 is 17.9 Å². The summed E-state index contributed by atoms with van der Waals surface area (Å²) in [6.07, 6.45) is 0. The van der Waals surface area contributed by atoms with Crippen molar-refractivity contribution in [3.63, 3.8) is 0 Å². The van der Waals surface area contributed by atoms with E-state index >= 15 is 0 Å². The summed E-state index contributed by atoms with van der Waals surface area (Å²) in [5.41, 5.74) is 0.738. The lowest BCUT2D eigenvalue weighted by Gasteiger charge is -2.16. The van der Waals surface area contributed by atoms with Gasteiger partial charge in [-0.15, -0.1) is 0 Å². The highest BCUT2D eigenvalue weighted by Crippen LogP contribution is 2.26. The quantitative estimate of drug-likeness (QED) is 0.585. The molecule has 1 aromatic heterocycles. The van der Waals surface area contributed by atoms with Gasteiger partial charge in [-0.1, -0.05) is 23.5 Å². The Morgan fingerprint density at radius 2 is 1.79 bits per heavy atom. The summed E-state index contributed by atoms with van der Waals surface area (Å²) in [4.78, 5) is 12.2. The van der Waals surface area contributed by atoms with Crippen LogP contribution in [0, 0.1) is 0 Å². The van der Waals surface area contributed by atoms with Gasteiger partial charge in [0.05, 0.1) is 28.3 Å². The zero-order valence-electron chi connectivity index (χ0n) is 16.7. The summed E-state index contributed by atoms with van der Waals surface area (Å²) in [6, 6.07) is 11.4. The van der Waals surface area contributed by atoms with Crippen molar-refractivity contribution in [1.82, 2.24) is 9.29 Å². The second-order valence-corrected chi connectivity index (χ2v) is 9.65. The van der Waals surface area contributed by atoms with Crippen LogP contribution in [0.5, 0.6) is 11.5 Å². The molecule has 3 rings (SSSR count). The van der Waals surface area contributed by atoms with Crippen molar-refractivity contribution >= 4 is 31.6 Å². The number of aromatic nitrogens is 1. The van der Waals surface area contributed by atoms with Gasteiger partial charge in [0.15, 0.2) is 11.5 Å². The van der Waals surface area contributed by atoms with E-state index in [1.54, 1.807) is 36.8 Å². The number of ether oxygens (including phenoxy) is 2. The maximum Gasteiger partial charge on any atom is 0.308 e. The van der Waals surface area contributed by atoms with Gasteiger partial charge in [-0.05, 0) is 51.1 Å². The summed E-state index contributed by atoms with van der Waals surface area (Å²) >= 11 is 1.04. The molecule has 29 heavy (non-hydrogen) atoms. The molecule has 156 valence electrons. The Hall–Kier alpha value is -2.36. The number of nitrogens with zero attached hydrogens (tertiary/aromatic N) is 1. The normalized spacial score (nSPS) is 13.0. The van der Waals surface area contributed by atoms with Gasteiger partial charge in [-0.3, -0.25) is 9.36 Å². The maximum absolute atomic E-state index is 12.8. The number of hydrogen-bond acceptors (Lipinski definition) is 6. The molecular formula is C20H24N2O5S2. The van der Waals surface area contributed by atoms with Crippen molar-refractivity contribution in [3.8, 4) is 11.5 Å². The predicted molar refractivity (Wildman–Crippen MR) is 115 cm³/mol. The van der Waals surface area contributed by atoms with Gasteiger partial charge < -0.3 is 9.47 Å². The van der Waals surface area contributed by atoms with Crippen molar-refractivity contribution in [2.45, 2.75) is 37.8 Å². The lowest BCUT2D eigenvalue weighted by Crippen LogP contribution is -2.36. The smallest absolute Gasteiger partial charge is 0.308 e. The van der Waals surface area contributed by atoms with Gasteiger partial charge in [0.1, 0.15) is 6.61 Å². The molecule has 9 heteroatoms. The van der Waals surface area contributed by atoms with E-state index in [0.29, 0.717) is 16.2 Å². The second-order valence-electron chi connectivity index (χ2n) is 6.95. The largest absolute Gasteiger partial charge is 0.493 e. The molecule has 1 unspecified atom stereocenters. The first-order valence-electron chi connectivity index (χ1n) is 9.16. The van der Waals surface area contributed by atoms with E-state index in [2.05, 4.69) is 4.72 Å². The number of nitrogens with one attached hydrogen (secondary N) is 1. The van der Waals surface area contributed by atoms with Crippen LogP contribution in [0.15, 0.2) is 52.2 Å². The molecule has 0 bridgehead atoms. The van der Waals surface area contributed by atoms with Crippen LogP contribution >= 0.6 is 11.3 Å². The molecule has 0 amide bonds. The maximum atomic E-state index is 12.8. The Morgan fingerprint density at radius 1 is 1.10 bits per heavy atom. The van der Waals surface area contributed by atoms with E-state index in [-0.39, 0.29) is 22.4 Å². The Balaban J connectivity index is 1.75. The van der Waals surface area contributed by atoms with E-state index < -0.39 is 16.1 Å². The fraction of sp³-hybridized carbons (Fsp3) is 0.350. The minimum atomic E-state index is -3.76. The molecule has 3 aromatic rings. The molecule has 1 heterocycles. The van der Waals surface area contributed by atoms with Crippen LogP contribution in [0.25, 0.3) is 10.2 Å². The summed E-state index contributed by atoms with van der Waals surface area (Å²) in [7, 11) is -2.21. The van der Waals surface area contributed by atoms with Crippen molar-refractivity contribution in [2.75, 3.05) is 13.7 Å². The first kappa shape index (κ1) is 21.4. The van der Waals surface area contributed by atoms with Gasteiger partial charge >= 0.3 is 4.87 Å². The lowest BCUT2D eigenvalue weighted by molar-refractivity contribution is 0.271. The van der Waals surface area contributed by atoms with Crippen molar-refractivity contribution in [3.05, 3.63) is 52.1 Å². The number of methoxy groups -OCH3 is 1. The van der Waals surface area contributed by atoms with Crippen LogP contribution in [-0.2, 0) is 10.0 Å². The van der Waals surface area contributed by atoms with Crippen molar-refractivity contribution in [1.29, 1.82) is 0 Å². The summed E-state index contributed by atoms with van der Waals surface area (Å²) in [6.45, 7) is 5.70. The fourth-order valence-corrected chi connectivity index (χ4v) is 5.37. The van der Waals surface area contributed by atoms with Crippen LogP contribution in [-0.4, -0.2) is 32.7 Å². The molecule has 0 fully saturated rings. The standard InChI is InChI=1S/C20H24N2O5S2/c1-13(2)22-16-10-9-15(11-19(16)28-20(22)23)29(24,25)21-14(3)12-27-18-8-6-5-7-17(18)26-4/h5-11,13-14,21H,12H2,1-4H3. The van der Waals surface area contributed by atoms with E-state index in [4.69, 9.17) is 9.47 Å². The summed E-state index contributed by atoms with van der Waals surface area (Å²) < 4.78 is 41.4. The van der Waals surface area contributed by atoms with Crippen LogP contribution < -0.4 is 19.1 Å². The molecule has 0 radical (unpaired) electrons. The predicted octanol–water partition coefficient (Wildman–Crippen LogP) is 3.40. The summed E-state index contributed by atoms with van der Waals surface area (Å²) in [5, 5.41) is 0. The molecule has 0 saturated heterocycles. The minimum Gasteiger partial charge on any atom is -0.493 e. The average Bonchev–Trinajstić information content (AvgIpc) is 3.01. The number of hydrogen-bond donors (Lipinski definition) is 1. The zero-order chi connectivity index (χ0) is 21.2. The summed E-state index contributed by atoms with van der Waals surface area (Å²) in [5.74, 6) is 1.12. The molecule has 7 nitrogen and oxygen atoms in total. The molecule has 0 saturated carbocycles. The fourth-order valence-electron chi connectivity index (χ4n) is 2.99. The van der Waals surface area contributed by atoms with E-state index in [1.165, 1.54) is 12.1 Å². The van der Waals surface area contributed by atoms with Crippen molar-refractivity contribution in [2.24, 2.45) is 0 Å². The third kappa shape index (κ3) is 4.63. The first-order chi connectivity index (χ1) is 13.7. The molecule has 0 aliphatic heterocycles. The molecule has 0 spiro atoms. The van der Waals surface area contributed by atoms with E-state index in [9.17, 15) is 13.2 Å². The highest BCUT2D eigenvalue weighted by molar-refractivity contribution is 7.89. The van der Waals surface area contributed by atoms with Crippen LogP contribution in [0.4, 0.5) is 0 Å². The molecule has 1 atom stereocenters. The van der Waals surface area contributed by atoms with Gasteiger partial charge in [0.2, 0.25) is 10.0 Å². The Kier molecular flexibility index (Phi) is 6.30. The van der Waals surface area contributed by atoms with Gasteiger partial charge in [-0.25, -0.2) is 13.1 Å². The average molecular weight is 437 g/mol. The van der Waals surface area contributed by atoms with Gasteiger partial charge in [0, 0.05) is 6.04 Å². The molecular weight excluding hydrogens is 412 g/mol. The Bertz CT molecular complexity index is 1170. The van der Waals surface area contributed by atoms with Crippen LogP contribution in [0.2, 0.25) is 0 Å². The zero-order valence-corrected chi connectivity index (χ0v) is 18.3. The number of rotatable bonds is 8. The van der Waals surface area contributed by atoms with Gasteiger partial charge in [0.25, 0.3) is 0 Å². The molecule has 0 aliphatic carbocycles. The molecule has 1 N–H and O–H groups in total. The highest BCUT2D eigenvalue weighted by atomic mass is 32.2. The number of para-hydroxylation sites is 2. The number of sulfonamides is 1. The van der Waals surface area contributed by atoms with E-state index in [1.807, 2.05) is 26.0 Å². The Labute approximate surface area is 173 Å². The topological polar surface area (TPSA) is 86.6 Å². The molecule has 0 aliphatic rings. The number of thiazole rings is 1. The van der Waals surface area contributed by atoms with Crippen LogP contribution in [0.1, 0.15) is 26.8 Å². The third-order valence-corrected chi connectivity index (χ3v) is 6.83. The SMILES string of the molecule is COc1ccccc1OCC(C)NS(=O)(=O)c1ccc2c(c1)sc(=O)n2C(C)C. The molecule has 2 aromatic carbocycles. The van der Waals surface area contributed by atoms with Crippen LogP contribution in [0.3, 0.4) is 0 Å². The van der Waals surface area contributed by atoms with E-state index in [0.717, 1.165) is 16.9 Å². The lowest BCUT2D eigenvalue weighted by atomic mass is 10.3. The van der Waals surface area contributed by atoms with Gasteiger partial charge in [-0.2, -0.15) is 0 Å². The number of fused-ring (bicyclic) bond motifs is 1. The Morgan fingerprint density at radius 3 is 2.45 bits per heavy atom. The highest BCUT2D eigenvalue weighted by Gasteiger charge is 2.20. The minimum absolute atomic E-state index is 0.00369.